The van der Waals surface area contributed by atoms with Gasteiger partial charge in [0.25, 0.3) is 0 Å². The molecule has 0 radical (unpaired) electrons. The number of hydrogen-bond acceptors (Lipinski definition) is 4. The van der Waals surface area contributed by atoms with Crippen LogP contribution in [0.25, 0.3) is 0 Å². The number of benzene rings is 1. The van der Waals surface area contributed by atoms with E-state index in [1.807, 2.05) is 18.2 Å². The van der Waals surface area contributed by atoms with Crippen LogP contribution in [0.2, 0.25) is 0 Å². The van der Waals surface area contributed by atoms with Crippen molar-refractivity contribution in [1.82, 2.24) is 15.3 Å². The summed E-state index contributed by atoms with van der Waals surface area (Å²) in [5.41, 5.74) is 4.80. The van der Waals surface area contributed by atoms with Crippen LogP contribution in [0, 0.1) is 6.92 Å². The van der Waals surface area contributed by atoms with Crippen molar-refractivity contribution in [3.05, 3.63) is 52.6 Å². The fourth-order valence-corrected chi connectivity index (χ4v) is 3.10. The van der Waals surface area contributed by atoms with E-state index >= 15 is 0 Å². The van der Waals surface area contributed by atoms with E-state index in [4.69, 9.17) is 14.7 Å². The first-order chi connectivity index (χ1) is 9.83. The molecule has 4 rings (SSSR count). The van der Waals surface area contributed by atoms with Crippen LogP contribution in [0.1, 0.15) is 34.3 Å². The quantitative estimate of drug-likeness (QED) is 0.858. The molecule has 0 fully saturated rings. The minimum atomic E-state index is 0.164. The monoisotopic (exact) mass is 267 g/mol. The average Bonchev–Trinajstić information content (AvgIpc) is 2.91. The van der Waals surface area contributed by atoms with E-state index in [9.17, 15) is 0 Å². The maximum atomic E-state index is 5.75. The lowest BCUT2D eigenvalue weighted by Gasteiger charge is -2.20. The lowest BCUT2D eigenvalue weighted by atomic mass is 9.98. The van der Waals surface area contributed by atoms with E-state index in [2.05, 4.69) is 18.3 Å². The second kappa shape index (κ2) is 4.56. The highest BCUT2D eigenvalue weighted by molar-refractivity contribution is 5.43. The van der Waals surface area contributed by atoms with E-state index in [0.717, 1.165) is 42.5 Å². The third-order valence-electron chi connectivity index (χ3n) is 4.17. The van der Waals surface area contributed by atoms with Crippen LogP contribution in [-0.4, -0.2) is 23.1 Å². The number of nitrogens with one attached hydrogen (secondary N) is 1. The smallest absolute Gasteiger partial charge is 0.139 e. The third-order valence-corrected chi connectivity index (χ3v) is 4.17. The van der Waals surface area contributed by atoms with E-state index in [-0.39, 0.29) is 5.92 Å². The summed E-state index contributed by atoms with van der Waals surface area (Å²) in [6, 6.07) is 8.18. The van der Waals surface area contributed by atoms with E-state index in [1.165, 1.54) is 11.1 Å². The van der Waals surface area contributed by atoms with Crippen molar-refractivity contribution < 1.29 is 4.74 Å². The highest BCUT2D eigenvalue weighted by Crippen LogP contribution is 2.36. The molecule has 3 heterocycles. The number of rotatable bonds is 1. The Kier molecular flexibility index (Phi) is 2.70. The SMILES string of the molecule is Cc1nc(C2COc3ccccc32)nc2c1CCNC2. The predicted molar refractivity (Wildman–Crippen MR) is 76.0 cm³/mol. The van der Waals surface area contributed by atoms with E-state index in [0.29, 0.717) is 6.61 Å². The van der Waals surface area contributed by atoms with Gasteiger partial charge in [-0.05, 0) is 31.5 Å². The normalized spacial score (nSPS) is 20.1. The number of fused-ring (bicyclic) bond motifs is 2. The maximum Gasteiger partial charge on any atom is 0.139 e. The summed E-state index contributed by atoms with van der Waals surface area (Å²) in [4.78, 5) is 9.55. The molecule has 4 heteroatoms. The van der Waals surface area contributed by atoms with Crippen molar-refractivity contribution in [2.45, 2.75) is 25.8 Å². The van der Waals surface area contributed by atoms with Crippen LogP contribution < -0.4 is 10.1 Å². The topological polar surface area (TPSA) is 47.0 Å². The van der Waals surface area contributed by atoms with Crippen LogP contribution in [-0.2, 0) is 13.0 Å². The molecule has 2 aromatic rings. The average molecular weight is 267 g/mol. The first kappa shape index (κ1) is 11.9. The number of para-hydroxylation sites is 1. The molecule has 1 N–H and O–H groups in total. The summed E-state index contributed by atoms with van der Waals surface area (Å²) in [5.74, 6) is 2.03. The van der Waals surface area contributed by atoms with Crippen molar-refractivity contribution in [3.8, 4) is 5.75 Å². The molecule has 1 unspecified atom stereocenters. The lowest BCUT2D eigenvalue weighted by Crippen LogP contribution is -2.27. The summed E-state index contributed by atoms with van der Waals surface area (Å²) in [6.45, 7) is 4.61. The van der Waals surface area contributed by atoms with Gasteiger partial charge < -0.3 is 10.1 Å². The first-order valence-electron chi connectivity index (χ1n) is 7.11. The van der Waals surface area contributed by atoms with Crippen LogP contribution in [0.4, 0.5) is 0 Å². The minimum Gasteiger partial charge on any atom is -0.492 e. The summed E-state index contributed by atoms with van der Waals surface area (Å²) >= 11 is 0. The van der Waals surface area contributed by atoms with Gasteiger partial charge in [-0.2, -0.15) is 0 Å². The molecular formula is C16H17N3O. The Morgan fingerprint density at radius 3 is 3.10 bits per heavy atom. The standard InChI is InChI=1S/C16H17N3O/c1-10-11-6-7-17-8-14(11)19-16(18-10)13-9-20-15-5-3-2-4-12(13)15/h2-5,13,17H,6-9H2,1H3. The fraction of sp³-hybridized carbons (Fsp3) is 0.375. The van der Waals surface area contributed by atoms with Gasteiger partial charge in [0.2, 0.25) is 0 Å². The van der Waals surface area contributed by atoms with Crippen LogP contribution in [0.15, 0.2) is 24.3 Å². The van der Waals surface area contributed by atoms with Gasteiger partial charge in [0.1, 0.15) is 18.2 Å². The zero-order chi connectivity index (χ0) is 13.5. The zero-order valence-electron chi connectivity index (χ0n) is 11.5. The van der Waals surface area contributed by atoms with Crippen LogP contribution in [0.5, 0.6) is 5.75 Å². The van der Waals surface area contributed by atoms with Gasteiger partial charge in [-0.25, -0.2) is 9.97 Å². The summed E-state index contributed by atoms with van der Waals surface area (Å²) < 4.78 is 5.75. The molecule has 4 nitrogen and oxygen atoms in total. The van der Waals surface area contributed by atoms with Gasteiger partial charge in [-0.15, -0.1) is 0 Å². The van der Waals surface area contributed by atoms with Gasteiger partial charge >= 0.3 is 0 Å². The summed E-state index contributed by atoms with van der Waals surface area (Å²) in [7, 11) is 0. The summed E-state index contributed by atoms with van der Waals surface area (Å²) in [5, 5.41) is 3.38. The fourth-order valence-electron chi connectivity index (χ4n) is 3.10. The number of hydrogen-bond donors (Lipinski definition) is 1. The lowest BCUT2D eigenvalue weighted by molar-refractivity contribution is 0.339. The highest BCUT2D eigenvalue weighted by Gasteiger charge is 2.29. The molecule has 2 aliphatic rings. The molecule has 0 bridgehead atoms. The molecule has 102 valence electrons. The van der Waals surface area contributed by atoms with Crippen LogP contribution in [0.3, 0.4) is 0 Å². The molecule has 0 saturated heterocycles. The highest BCUT2D eigenvalue weighted by atomic mass is 16.5. The van der Waals surface area contributed by atoms with Gasteiger partial charge in [-0.3, -0.25) is 0 Å². The predicted octanol–water partition coefficient (Wildman–Crippen LogP) is 1.96. The molecule has 1 atom stereocenters. The van der Waals surface area contributed by atoms with Crippen LogP contribution >= 0.6 is 0 Å². The van der Waals surface area contributed by atoms with E-state index < -0.39 is 0 Å². The Morgan fingerprint density at radius 2 is 2.15 bits per heavy atom. The Labute approximate surface area is 118 Å². The molecule has 0 spiro atoms. The Bertz CT molecular complexity index is 669. The molecule has 2 aliphatic heterocycles. The largest absolute Gasteiger partial charge is 0.492 e. The minimum absolute atomic E-state index is 0.164. The number of aromatic nitrogens is 2. The number of aryl methyl sites for hydroxylation is 1. The van der Waals surface area contributed by atoms with Gasteiger partial charge in [-0.1, -0.05) is 18.2 Å². The van der Waals surface area contributed by atoms with Gasteiger partial charge in [0, 0.05) is 17.8 Å². The maximum absolute atomic E-state index is 5.75. The second-order valence-electron chi connectivity index (χ2n) is 5.42. The van der Waals surface area contributed by atoms with Gasteiger partial charge in [0.05, 0.1) is 11.6 Å². The van der Waals surface area contributed by atoms with Crippen molar-refractivity contribution >= 4 is 0 Å². The zero-order valence-corrected chi connectivity index (χ0v) is 11.5. The first-order valence-corrected chi connectivity index (χ1v) is 7.11. The second-order valence-corrected chi connectivity index (χ2v) is 5.42. The van der Waals surface area contributed by atoms with Gasteiger partial charge in [0.15, 0.2) is 0 Å². The molecular weight excluding hydrogens is 250 g/mol. The van der Waals surface area contributed by atoms with E-state index in [1.54, 1.807) is 0 Å². The van der Waals surface area contributed by atoms with Crippen molar-refractivity contribution in [2.75, 3.05) is 13.2 Å². The Morgan fingerprint density at radius 1 is 1.25 bits per heavy atom. The third kappa shape index (κ3) is 1.79. The molecule has 0 saturated carbocycles. The Balaban J connectivity index is 1.79. The van der Waals surface area contributed by atoms with Crippen molar-refractivity contribution in [2.24, 2.45) is 0 Å². The molecule has 1 aromatic heterocycles. The summed E-state index contributed by atoms with van der Waals surface area (Å²) in [6.07, 6.45) is 1.03. The van der Waals surface area contributed by atoms with Crippen molar-refractivity contribution in [3.63, 3.8) is 0 Å². The molecule has 1 aromatic carbocycles. The number of nitrogens with zero attached hydrogens (tertiary/aromatic N) is 2. The molecule has 0 aliphatic carbocycles. The molecule has 0 amide bonds. The Hall–Kier alpha value is -1.94. The number of ether oxygens (including phenoxy) is 1. The van der Waals surface area contributed by atoms with Crippen molar-refractivity contribution in [1.29, 1.82) is 0 Å². The molecule has 20 heavy (non-hydrogen) atoms.